The predicted octanol–water partition coefficient (Wildman–Crippen LogP) is 3.21. The summed E-state index contributed by atoms with van der Waals surface area (Å²) in [6, 6.07) is 10.2. The van der Waals surface area contributed by atoms with Gasteiger partial charge in [-0.1, -0.05) is 37.3 Å². The van der Waals surface area contributed by atoms with Crippen LogP contribution in [0.15, 0.2) is 30.3 Å². The molecule has 88 valence electrons. The molecule has 0 bridgehead atoms. The zero-order valence-electron chi connectivity index (χ0n) is 9.89. The van der Waals surface area contributed by atoms with E-state index in [9.17, 15) is 4.79 Å². The molecule has 0 spiro atoms. The zero-order chi connectivity index (χ0) is 11.6. The van der Waals surface area contributed by atoms with E-state index in [1.807, 2.05) is 18.2 Å². The van der Waals surface area contributed by atoms with Crippen molar-refractivity contribution in [1.82, 2.24) is 0 Å². The normalized spacial score (nSPS) is 12.3. The maximum atomic E-state index is 10.2. The van der Waals surface area contributed by atoms with Crippen LogP contribution >= 0.6 is 0 Å². The summed E-state index contributed by atoms with van der Waals surface area (Å²) in [6.07, 6.45) is 3.65. The molecule has 0 saturated heterocycles. The second kappa shape index (κ2) is 8.05. The Balaban J connectivity index is 2.05. The van der Waals surface area contributed by atoms with Gasteiger partial charge in [0.05, 0.1) is 6.61 Å². The van der Waals surface area contributed by atoms with Gasteiger partial charge in [-0.25, -0.2) is 0 Å². The fraction of sp³-hybridized carbons (Fsp3) is 0.500. The van der Waals surface area contributed by atoms with Crippen molar-refractivity contribution >= 4 is 6.29 Å². The van der Waals surface area contributed by atoms with Crippen LogP contribution in [0.5, 0.6) is 0 Å². The molecule has 0 fully saturated rings. The highest BCUT2D eigenvalue weighted by molar-refractivity contribution is 5.49. The van der Waals surface area contributed by atoms with E-state index in [0.29, 0.717) is 18.9 Å². The summed E-state index contributed by atoms with van der Waals surface area (Å²) in [6.45, 7) is 3.62. The van der Waals surface area contributed by atoms with E-state index in [0.717, 1.165) is 25.7 Å². The molecule has 1 atom stereocenters. The first kappa shape index (κ1) is 12.9. The number of benzene rings is 1. The summed E-state index contributed by atoms with van der Waals surface area (Å²) in [5, 5.41) is 0. The SMILES string of the molecule is C[C@H](CCC=O)CCOCc1ccccc1. The van der Waals surface area contributed by atoms with Gasteiger partial charge < -0.3 is 9.53 Å². The second-order valence-electron chi connectivity index (χ2n) is 4.18. The Morgan fingerprint density at radius 3 is 2.69 bits per heavy atom. The highest BCUT2D eigenvalue weighted by Gasteiger charge is 2.01. The topological polar surface area (TPSA) is 26.3 Å². The van der Waals surface area contributed by atoms with Crippen molar-refractivity contribution in [2.45, 2.75) is 32.8 Å². The molecular formula is C14H20O2. The maximum Gasteiger partial charge on any atom is 0.120 e. The van der Waals surface area contributed by atoms with Gasteiger partial charge in [0.15, 0.2) is 0 Å². The molecule has 0 aliphatic rings. The van der Waals surface area contributed by atoms with Crippen LogP contribution in [0.4, 0.5) is 0 Å². The summed E-state index contributed by atoms with van der Waals surface area (Å²) < 4.78 is 5.58. The molecule has 16 heavy (non-hydrogen) atoms. The fourth-order valence-electron chi connectivity index (χ4n) is 1.55. The van der Waals surface area contributed by atoms with E-state index in [4.69, 9.17) is 4.74 Å². The molecule has 2 nitrogen and oxygen atoms in total. The first-order valence-electron chi connectivity index (χ1n) is 5.88. The maximum absolute atomic E-state index is 10.2. The number of ether oxygens (including phenoxy) is 1. The molecular weight excluding hydrogens is 200 g/mol. The lowest BCUT2D eigenvalue weighted by Crippen LogP contribution is -2.02. The van der Waals surface area contributed by atoms with Gasteiger partial charge in [-0.15, -0.1) is 0 Å². The third-order valence-corrected chi connectivity index (χ3v) is 2.64. The van der Waals surface area contributed by atoms with E-state index < -0.39 is 0 Å². The first-order valence-corrected chi connectivity index (χ1v) is 5.88. The van der Waals surface area contributed by atoms with Gasteiger partial charge in [0.2, 0.25) is 0 Å². The van der Waals surface area contributed by atoms with Crippen molar-refractivity contribution in [2.24, 2.45) is 5.92 Å². The Morgan fingerprint density at radius 1 is 1.25 bits per heavy atom. The van der Waals surface area contributed by atoms with Crippen LogP contribution in [0, 0.1) is 5.92 Å². The molecule has 0 saturated carbocycles. The Morgan fingerprint density at radius 2 is 2.00 bits per heavy atom. The van der Waals surface area contributed by atoms with Gasteiger partial charge in [0.25, 0.3) is 0 Å². The van der Waals surface area contributed by atoms with Crippen LogP contribution in [-0.4, -0.2) is 12.9 Å². The van der Waals surface area contributed by atoms with Crippen molar-refractivity contribution < 1.29 is 9.53 Å². The lowest BCUT2D eigenvalue weighted by molar-refractivity contribution is -0.108. The molecule has 0 unspecified atom stereocenters. The summed E-state index contributed by atoms with van der Waals surface area (Å²) in [4.78, 5) is 10.2. The fourth-order valence-corrected chi connectivity index (χ4v) is 1.55. The monoisotopic (exact) mass is 220 g/mol. The van der Waals surface area contributed by atoms with Crippen LogP contribution in [0.3, 0.4) is 0 Å². The molecule has 0 radical (unpaired) electrons. The zero-order valence-corrected chi connectivity index (χ0v) is 9.89. The molecule has 1 rings (SSSR count). The number of carbonyl (C=O) groups is 1. The molecule has 0 N–H and O–H groups in total. The van der Waals surface area contributed by atoms with Gasteiger partial charge in [0, 0.05) is 13.0 Å². The van der Waals surface area contributed by atoms with Crippen LogP contribution < -0.4 is 0 Å². The molecule has 0 aliphatic carbocycles. The Labute approximate surface area is 97.6 Å². The highest BCUT2D eigenvalue weighted by Crippen LogP contribution is 2.10. The van der Waals surface area contributed by atoms with Crippen molar-refractivity contribution in [2.75, 3.05) is 6.61 Å². The lowest BCUT2D eigenvalue weighted by Gasteiger charge is -2.09. The van der Waals surface area contributed by atoms with Crippen LogP contribution in [0.2, 0.25) is 0 Å². The first-order chi connectivity index (χ1) is 7.83. The Bertz CT molecular complexity index is 282. The van der Waals surface area contributed by atoms with Gasteiger partial charge in [-0.3, -0.25) is 0 Å². The minimum Gasteiger partial charge on any atom is -0.377 e. The van der Waals surface area contributed by atoms with Gasteiger partial charge in [-0.05, 0) is 24.3 Å². The number of aldehydes is 1. The Hall–Kier alpha value is -1.15. The van der Waals surface area contributed by atoms with Gasteiger partial charge >= 0.3 is 0 Å². The van der Waals surface area contributed by atoms with Gasteiger partial charge in [-0.2, -0.15) is 0 Å². The Kier molecular flexibility index (Phi) is 6.50. The molecule has 0 aromatic heterocycles. The van der Waals surface area contributed by atoms with Crippen molar-refractivity contribution in [3.8, 4) is 0 Å². The number of hydrogen-bond acceptors (Lipinski definition) is 2. The minimum absolute atomic E-state index is 0.570. The quantitative estimate of drug-likeness (QED) is 0.496. The largest absolute Gasteiger partial charge is 0.377 e. The van der Waals surface area contributed by atoms with Crippen LogP contribution in [0.25, 0.3) is 0 Å². The molecule has 1 aromatic rings. The predicted molar refractivity (Wildman–Crippen MR) is 65.2 cm³/mol. The highest BCUT2D eigenvalue weighted by atomic mass is 16.5. The molecule has 0 amide bonds. The summed E-state index contributed by atoms with van der Waals surface area (Å²) in [7, 11) is 0. The van der Waals surface area contributed by atoms with Crippen LogP contribution in [0.1, 0.15) is 31.7 Å². The summed E-state index contributed by atoms with van der Waals surface area (Å²) in [5.74, 6) is 0.570. The summed E-state index contributed by atoms with van der Waals surface area (Å²) in [5.41, 5.74) is 1.21. The van der Waals surface area contributed by atoms with Crippen molar-refractivity contribution in [3.05, 3.63) is 35.9 Å². The van der Waals surface area contributed by atoms with Crippen LogP contribution in [-0.2, 0) is 16.1 Å². The molecule has 1 aromatic carbocycles. The molecule has 2 heteroatoms. The number of carbonyl (C=O) groups excluding carboxylic acids is 1. The van der Waals surface area contributed by atoms with Crippen molar-refractivity contribution in [3.63, 3.8) is 0 Å². The smallest absolute Gasteiger partial charge is 0.120 e. The number of rotatable bonds is 8. The third kappa shape index (κ3) is 5.66. The summed E-state index contributed by atoms with van der Waals surface area (Å²) >= 11 is 0. The average molecular weight is 220 g/mol. The molecule has 0 heterocycles. The lowest BCUT2D eigenvalue weighted by atomic mass is 10.0. The van der Waals surface area contributed by atoms with Gasteiger partial charge in [0.1, 0.15) is 6.29 Å². The number of hydrogen-bond donors (Lipinski definition) is 0. The molecule has 0 aliphatic heterocycles. The van der Waals surface area contributed by atoms with Crippen molar-refractivity contribution in [1.29, 1.82) is 0 Å². The van der Waals surface area contributed by atoms with E-state index in [1.54, 1.807) is 0 Å². The average Bonchev–Trinajstić information content (AvgIpc) is 2.33. The standard InChI is InChI=1S/C14H20O2/c1-13(6-5-10-15)9-11-16-12-14-7-3-2-4-8-14/h2-4,7-8,10,13H,5-6,9,11-12H2,1H3/t13-/m1/s1. The minimum atomic E-state index is 0.570. The third-order valence-electron chi connectivity index (χ3n) is 2.64. The van der Waals surface area contributed by atoms with E-state index in [-0.39, 0.29) is 0 Å². The van der Waals surface area contributed by atoms with E-state index in [1.165, 1.54) is 5.56 Å². The second-order valence-corrected chi connectivity index (χ2v) is 4.18. The van der Waals surface area contributed by atoms with E-state index in [2.05, 4.69) is 19.1 Å². The van der Waals surface area contributed by atoms with E-state index >= 15 is 0 Å².